The lowest BCUT2D eigenvalue weighted by Crippen LogP contribution is -2.58. The average molecular weight is 487 g/mol. The maximum atomic E-state index is 13.3. The molecule has 7 heteroatoms. The fourth-order valence-corrected chi connectivity index (χ4v) is 7.71. The number of hydrogen-bond acceptors (Lipinski definition) is 5. The molecule has 0 radical (unpaired) electrons. The van der Waals surface area contributed by atoms with Crippen molar-refractivity contribution in [3.05, 3.63) is 39.9 Å². The molecule has 4 bridgehead atoms. The molecule has 2 heterocycles. The van der Waals surface area contributed by atoms with Crippen LogP contribution in [-0.4, -0.2) is 33.4 Å². The second kappa shape index (κ2) is 9.15. The lowest BCUT2D eigenvalue weighted by molar-refractivity contribution is -0.135. The number of piperidine rings is 1. The van der Waals surface area contributed by atoms with Crippen LogP contribution in [0.2, 0.25) is 0 Å². The van der Waals surface area contributed by atoms with Gasteiger partial charge in [0.2, 0.25) is 11.8 Å². The van der Waals surface area contributed by atoms with Gasteiger partial charge < -0.3 is 5.32 Å². The first-order chi connectivity index (χ1) is 17.4. The standard InChI is InChI=1S/C29H34N4O3/c1-18-31-24-7-6-19(14-23(24)28(36)33(18)25-8-9-26(34)32-27(25)35)5-3-2-4-10-30-29-15-20-11-21(16-29)13-22(12-20)17-29/h6-7,14,20-22,25,30H,2,4,8-13,15-17H2,1H3,(H,32,34,35). The molecule has 1 atom stereocenters. The van der Waals surface area contributed by atoms with Gasteiger partial charge in [-0.15, -0.1) is 0 Å². The molecule has 7 rings (SSSR count). The zero-order valence-electron chi connectivity index (χ0n) is 20.9. The number of nitrogens with one attached hydrogen (secondary N) is 2. The van der Waals surface area contributed by atoms with Crippen molar-refractivity contribution in [2.45, 2.75) is 82.7 Å². The van der Waals surface area contributed by atoms with Crippen molar-refractivity contribution in [3.63, 3.8) is 0 Å². The number of nitrogens with zero attached hydrogens (tertiary/aromatic N) is 2. The summed E-state index contributed by atoms with van der Waals surface area (Å²) in [7, 11) is 0. The van der Waals surface area contributed by atoms with E-state index in [9.17, 15) is 14.4 Å². The van der Waals surface area contributed by atoms with Crippen LogP contribution in [0.1, 0.15) is 81.6 Å². The van der Waals surface area contributed by atoms with Crippen LogP contribution in [0, 0.1) is 36.5 Å². The monoisotopic (exact) mass is 486 g/mol. The highest BCUT2D eigenvalue weighted by atomic mass is 16.2. The van der Waals surface area contributed by atoms with E-state index in [1.807, 2.05) is 12.1 Å². The molecule has 1 aromatic heterocycles. The molecule has 5 aliphatic rings. The summed E-state index contributed by atoms with van der Waals surface area (Å²) >= 11 is 0. The van der Waals surface area contributed by atoms with Crippen LogP contribution in [0.25, 0.3) is 10.9 Å². The molecule has 4 saturated carbocycles. The smallest absolute Gasteiger partial charge is 0.262 e. The van der Waals surface area contributed by atoms with Gasteiger partial charge >= 0.3 is 0 Å². The summed E-state index contributed by atoms with van der Waals surface area (Å²) in [5.41, 5.74) is 1.49. The topological polar surface area (TPSA) is 93.1 Å². The maximum absolute atomic E-state index is 13.3. The van der Waals surface area contributed by atoms with Gasteiger partial charge in [-0.05, 0) is 101 Å². The number of aryl methyl sites for hydroxylation is 1. The molecule has 4 aliphatic carbocycles. The minimum Gasteiger partial charge on any atom is -0.311 e. The third kappa shape index (κ3) is 4.37. The largest absolute Gasteiger partial charge is 0.311 e. The number of unbranched alkanes of at least 4 members (excludes halogenated alkanes) is 1. The molecule has 5 fully saturated rings. The van der Waals surface area contributed by atoms with Gasteiger partial charge in [0.1, 0.15) is 11.9 Å². The third-order valence-corrected chi connectivity index (χ3v) is 8.85. The Kier molecular flexibility index (Phi) is 5.95. The molecule has 188 valence electrons. The summed E-state index contributed by atoms with van der Waals surface area (Å²) in [6.45, 7) is 2.73. The molecule has 2 amide bonds. The third-order valence-electron chi connectivity index (χ3n) is 8.85. The van der Waals surface area contributed by atoms with E-state index in [1.165, 1.54) is 43.1 Å². The lowest BCUT2D eigenvalue weighted by atomic mass is 9.53. The Balaban J connectivity index is 1.11. The van der Waals surface area contributed by atoms with Crippen molar-refractivity contribution in [3.8, 4) is 11.8 Å². The first kappa shape index (κ1) is 23.4. The normalized spacial score (nSPS) is 30.8. The quantitative estimate of drug-likeness (QED) is 0.384. The number of benzene rings is 1. The number of hydrogen-bond donors (Lipinski definition) is 2. The van der Waals surface area contributed by atoms with Crippen LogP contribution in [0.5, 0.6) is 0 Å². The number of carbonyl (C=O) groups excluding carboxylic acids is 2. The number of imide groups is 1. The Morgan fingerprint density at radius 3 is 2.53 bits per heavy atom. The van der Waals surface area contributed by atoms with Crippen molar-refractivity contribution < 1.29 is 9.59 Å². The molecule has 7 nitrogen and oxygen atoms in total. The molecule has 2 N–H and O–H groups in total. The van der Waals surface area contributed by atoms with E-state index in [1.54, 1.807) is 13.0 Å². The van der Waals surface area contributed by atoms with Crippen LogP contribution in [0.4, 0.5) is 0 Å². The predicted molar refractivity (Wildman–Crippen MR) is 137 cm³/mol. The molecule has 1 unspecified atom stereocenters. The number of carbonyl (C=O) groups is 2. The highest BCUT2D eigenvalue weighted by molar-refractivity contribution is 5.99. The second-order valence-electron chi connectivity index (χ2n) is 11.6. The van der Waals surface area contributed by atoms with Gasteiger partial charge in [-0.1, -0.05) is 11.8 Å². The van der Waals surface area contributed by atoms with Gasteiger partial charge in [-0.25, -0.2) is 4.98 Å². The minimum atomic E-state index is -0.719. The van der Waals surface area contributed by atoms with E-state index >= 15 is 0 Å². The van der Waals surface area contributed by atoms with Crippen LogP contribution in [-0.2, 0) is 9.59 Å². The van der Waals surface area contributed by atoms with E-state index in [-0.39, 0.29) is 17.9 Å². The highest BCUT2D eigenvalue weighted by Crippen LogP contribution is 2.55. The van der Waals surface area contributed by atoms with Crippen molar-refractivity contribution in [2.75, 3.05) is 6.54 Å². The zero-order chi connectivity index (χ0) is 24.9. The zero-order valence-corrected chi connectivity index (χ0v) is 20.9. The van der Waals surface area contributed by atoms with E-state index in [0.717, 1.165) is 42.7 Å². The van der Waals surface area contributed by atoms with Gasteiger partial charge in [0.25, 0.3) is 5.56 Å². The molecular formula is C29H34N4O3. The van der Waals surface area contributed by atoms with E-state index in [0.29, 0.717) is 28.7 Å². The summed E-state index contributed by atoms with van der Waals surface area (Å²) in [4.78, 5) is 41.8. The average Bonchev–Trinajstić information content (AvgIpc) is 2.82. The number of fused-ring (bicyclic) bond motifs is 1. The van der Waals surface area contributed by atoms with Crippen molar-refractivity contribution in [1.29, 1.82) is 0 Å². The van der Waals surface area contributed by atoms with Crippen LogP contribution in [0.3, 0.4) is 0 Å². The first-order valence-corrected chi connectivity index (χ1v) is 13.5. The van der Waals surface area contributed by atoms with Gasteiger partial charge in [0.05, 0.1) is 10.9 Å². The molecule has 1 aliphatic heterocycles. The Bertz CT molecular complexity index is 1310. The molecule has 1 aromatic carbocycles. The van der Waals surface area contributed by atoms with E-state index in [4.69, 9.17) is 0 Å². The Morgan fingerprint density at radius 2 is 1.83 bits per heavy atom. The minimum absolute atomic E-state index is 0.212. The number of rotatable bonds is 5. The van der Waals surface area contributed by atoms with E-state index < -0.39 is 11.9 Å². The SMILES string of the molecule is Cc1nc2ccc(C#CCCCNC34CC5CC(CC(C5)C3)C4)cc2c(=O)n1C1CCC(=O)NC1=O. The fraction of sp³-hybridized carbons (Fsp3) is 0.586. The van der Waals surface area contributed by atoms with Gasteiger partial charge in [-0.3, -0.25) is 24.3 Å². The van der Waals surface area contributed by atoms with E-state index in [2.05, 4.69) is 27.5 Å². The Morgan fingerprint density at radius 1 is 1.11 bits per heavy atom. The summed E-state index contributed by atoms with van der Waals surface area (Å²) < 4.78 is 1.41. The highest BCUT2D eigenvalue weighted by Gasteiger charge is 2.50. The molecular weight excluding hydrogens is 452 g/mol. The van der Waals surface area contributed by atoms with Crippen LogP contribution >= 0.6 is 0 Å². The second-order valence-corrected chi connectivity index (χ2v) is 11.6. The van der Waals surface area contributed by atoms with Gasteiger partial charge in [0, 0.05) is 23.9 Å². The Labute approximate surface area is 211 Å². The molecule has 0 spiro atoms. The van der Waals surface area contributed by atoms with Crippen molar-refractivity contribution in [1.82, 2.24) is 20.2 Å². The maximum Gasteiger partial charge on any atom is 0.262 e. The summed E-state index contributed by atoms with van der Waals surface area (Å²) in [5.74, 6) is 9.06. The molecule has 2 aromatic rings. The van der Waals surface area contributed by atoms with Gasteiger partial charge in [0.15, 0.2) is 0 Å². The van der Waals surface area contributed by atoms with Crippen LogP contribution in [0.15, 0.2) is 23.0 Å². The molecule has 1 saturated heterocycles. The lowest BCUT2D eigenvalue weighted by Gasteiger charge is -2.57. The number of amides is 2. The van der Waals surface area contributed by atoms with Crippen LogP contribution < -0.4 is 16.2 Å². The van der Waals surface area contributed by atoms with Gasteiger partial charge in [-0.2, -0.15) is 0 Å². The summed E-state index contributed by atoms with van der Waals surface area (Å²) in [6.07, 6.45) is 10.8. The number of aromatic nitrogens is 2. The fourth-order valence-electron chi connectivity index (χ4n) is 7.71. The first-order valence-electron chi connectivity index (χ1n) is 13.5. The van der Waals surface area contributed by atoms with Crippen molar-refractivity contribution >= 4 is 22.7 Å². The van der Waals surface area contributed by atoms with Crippen molar-refractivity contribution in [2.24, 2.45) is 17.8 Å². The Hall–Kier alpha value is -2.98. The summed E-state index contributed by atoms with van der Waals surface area (Å²) in [6, 6.07) is 4.76. The summed E-state index contributed by atoms with van der Waals surface area (Å²) in [5, 5.41) is 6.71. The molecule has 36 heavy (non-hydrogen) atoms. The predicted octanol–water partition coefficient (Wildman–Crippen LogP) is 3.37.